The van der Waals surface area contributed by atoms with Crippen LogP contribution in [0.5, 0.6) is 0 Å². The molecule has 0 heterocycles. The lowest BCUT2D eigenvalue weighted by Gasteiger charge is -2.27. The van der Waals surface area contributed by atoms with Crippen molar-refractivity contribution in [2.24, 2.45) is 5.92 Å². The number of aldehydes is 1. The van der Waals surface area contributed by atoms with E-state index in [-0.39, 0.29) is 0 Å². The van der Waals surface area contributed by atoms with E-state index >= 15 is 0 Å². The molecule has 0 saturated carbocycles. The fourth-order valence-electron chi connectivity index (χ4n) is 1.38. The Kier molecular flexibility index (Phi) is 2.32. The molecule has 1 aliphatic rings. The molecular formula is C9H11NO3. The summed E-state index contributed by atoms with van der Waals surface area (Å²) in [5.41, 5.74) is -0.659. The van der Waals surface area contributed by atoms with Crippen LogP contribution in [0.15, 0.2) is 23.8 Å². The van der Waals surface area contributed by atoms with Gasteiger partial charge in [-0.3, -0.25) is 10.1 Å². The van der Waals surface area contributed by atoms with E-state index in [1.54, 1.807) is 25.2 Å². The van der Waals surface area contributed by atoms with Gasteiger partial charge in [-0.2, -0.15) is 0 Å². The topological polar surface area (TPSA) is 60.2 Å². The molecule has 0 bridgehead atoms. The molecule has 1 rings (SSSR count). The summed E-state index contributed by atoms with van der Waals surface area (Å²) in [5.74, 6) is -0.660. The van der Waals surface area contributed by atoms with Crippen molar-refractivity contribution in [3.05, 3.63) is 33.9 Å². The minimum atomic E-state index is -1.27. The lowest BCUT2D eigenvalue weighted by molar-refractivity contribution is -0.558. The maximum Gasteiger partial charge on any atom is 0.253 e. The average Bonchev–Trinajstić information content (AvgIpc) is 2.09. The molecule has 0 aromatic rings. The summed E-state index contributed by atoms with van der Waals surface area (Å²) in [4.78, 5) is 21.1. The van der Waals surface area contributed by atoms with Crippen molar-refractivity contribution in [1.82, 2.24) is 0 Å². The minimum Gasteiger partial charge on any atom is -0.302 e. The Morgan fingerprint density at radius 1 is 1.69 bits per heavy atom. The lowest BCUT2D eigenvalue weighted by atomic mass is 9.78. The quantitative estimate of drug-likeness (QED) is 0.367. The van der Waals surface area contributed by atoms with Gasteiger partial charge in [0.05, 0.1) is 0 Å². The predicted octanol–water partition coefficient (Wildman–Crippen LogP) is 1.35. The monoisotopic (exact) mass is 181 g/mol. The Morgan fingerprint density at radius 3 is 2.69 bits per heavy atom. The third-order valence-electron chi connectivity index (χ3n) is 2.64. The van der Waals surface area contributed by atoms with Crippen LogP contribution >= 0.6 is 0 Å². The van der Waals surface area contributed by atoms with Crippen LogP contribution in [0, 0.1) is 16.0 Å². The molecule has 0 N–H and O–H groups in total. The van der Waals surface area contributed by atoms with E-state index in [1.165, 1.54) is 6.92 Å². The molecule has 0 radical (unpaired) electrons. The number of rotatable bonds is 2. The Balaban J connectivity index is 3.17. The summed E-state index contributed by atoms with van der Waals surface area (Å²) in [5, 5.41) is 10.8. The van der Waals surface area contributed by atoms with E-state index in [0.717, 1.165) is 0 Å². The van der Waals surface area contributed by atoms with Crippen molar-refractivity contribution in [3.63, 3.8) is 0 Å². The first-order valence-electron chi connectivity index (χ1n) is 3.99. The summed E-state index contributed by atoms with van der Waals surface area (Å²) >= 11 is 0. The second kappa shape index (κ2) is 3.12. The van der Waals surface area contributed by atoms with Crippen molar-refractivity contribution in [1.29, 1.82) is 0 Å². The Morgan fingerprint density at radius 2 is 2.31 bits per heavy atom. The van der Waals surface area contributed by atoms with E-state index in [1.807, 2.05) is 0 Å². The van der Waals surface area contributed by atoms with Crippen LogP contribution in [0.3, 0.4) is 0 Å². The highest BCUT2D eigenvalue weighted by molar-refractivity contribution is 5.61. The SMILES string of the molecule is CC1=CC=CC(C=O)C1(C)[N+](=O)[O-]. The van der Waals surface area contributed by atoms with Gasteiger partial charge >= 0.3 is 0 Å². The zero-order chi connectivity index (χ0) is 10.1. The number of nitro groups is 1. The molecule has 0 fully saturated rings. The van der Waals surface area contributed by atoms with Gasteiger partial charge in [-0.15, -0.1) is 0 Å². The smallest absolute Gasteiger partial charge is 0.253 e. The second-order valence-electron chi connectivity index (χ2n) is 3.30. The Bertz CT molecular complexity index is 306. The molecule has 13 heavy (non-hydrogen) atoms. The van der Waals surface area contributed by atoms with Gasteiger partial charge in [-0.1, -0.05) is 18.2 Å². The van der Waals surface area contributed by atoms with Crippen LogP contribution in [0.1, 0.15) is 13.8 Å². The number of allylic oxidation sites excluding steroid dienone is 2. The largest absolute Gasteiger partial charge is 0.302 e. The van der Waals surface area contributed by atoms with Gasteiger partial charge in [0.2, 0.25) is 0 Å². The Labute approximate surface area is 76.1 Å². The summed E-state index contributed by atoms with van der Waals surface area (Å²) in [6, 6.07) is 0. The Hall–Kier alpha value is -1.45. The molecular weight excluding hydrogens is 170 g/mol. The zero-order valence-electron chi connectivity index (χ0n) is 7.56. The zero-order valence-corrected chi connectivity index (χ0v) is 7.56. The van der Waals surface area contributed by atoms with Gasteiger partial charge in [-0.25, -0.2) is 0 Å². The van der Waals surface area contributed by atoms with Gasteiger partial charge < -0.3 is 4.79 Å². The van der Waals surface area contributed by atoms with Crippen molar-refractivity contribution in [2.75, 3.05) is 0 Å². The van der Waals surface area contributed by atoms with Crippen molar-refractivity contribution in [2.45, 2.75) is 19.4 Å². The summed E-state index contributed by atoms with van der Waals surface area (Å²) < 4.78 is 0. The first-order valence-corrected chi connectivity index (χ1v) is 3.99. The summed E-state index contributed by atoms with van der Waals surface area (Å²) in [6.07, 6.45) is 5.53. The van der Waals surface area contributed by atoms with Gasteiger partial charge in [0.15, 0.2) is 0 Å². The maximum absolute atomic E-state index is 10.8. The molecule has 0 saturated heterocycles. The van der Waals surface area contributed by atoms with Crippen molar-refractivity contribution >= 4 is 6.29 Å². The molecule has 0 spiro atoms. The van der Waals surface area contributed by atoms with E-state index in [9.17, 15) is 14.9 Å². The summed E-state index contributed by atoms with van der Waals surface area (Å²) in [7, 11) is 0. The highest BCUT2D eigenvalue weighted by atomic mass is 16.6. The van der Waals surface area contributed by atoms with E-state index in [4.69, 9.17) is 0 Å². The lowest BCUT2D eigenvalue weighted by Crippen LogP contribution is -2.44. The van der Waals surface area contributed by atoms with Crippen molar-refractivity contribution < 1.29 is 9.72 Å². The number of carbonyl (C=O) groups excluding carboxylic acids is 1. The van der Waals surface area contributed by atoms with Gasteiger partial charge in [0, 0.05) is 17.4 Å². The predicted molar refractivity (Wildman–Crippen MR) is 47.9 cm³/mol. The molecule has 0 aromatic carbocycles. The number of nitrogens with zero attached hydrogens (tertiary/aromatic N) is 1. The molecule has 0 amide bonds. The third-order valence-corrected chi connectivity index (χ3v) is 2.64. The molecule has 4 heteroatoms. The number of hydrogen-bond acceptors (Lipinski definition) is 3. The summed E-state index contributed by atoms with van der Waals surface area (Å²) in [6.45, 7) is 3.14. The van der Waals surface area contributed by atoms with Crippen molar-refractivity contribution in [3.8, 4) is 0 Å². The molecule has 2 atom stereocenters. The first kappa shape index (κ1) is 9.64. The van der Waals surface area contributed by atoms with Crippen LogP contribution in [0.25, 0.3) is 0 Å². The van der Waals surface area contributed by atoms with Crippen LogP contribution in [-0.2, 0) is 4.79 Å². The second-order valence-corrected chi connectivity index (χ2v) is 3.30. The highest BCUT2D eigenvalue weighted by Gasteiger charge is 2.47. The van der Waals surface area contributed by atoms with Gasteiger partial charge in [0.25, 0.3) is 5.54 Å². The van der Waals surface area contributed by atoms with E-state index in [2.05, 4.69) is 0 Å². The minimum absolute atomic E-state index is 0.401. The average molecular weight is 181 g/mol. The van der Waals surface area contributed by atoms with E-state index < -0.39 is 16.4 Å². The number of hydrogen-bond donors (Lipinski definition) is 0. The van der Waals surface area contributed by atoms with Gasteiger partial charge in [0.1, 0.15) is 12.2 Å². The fourth-order valence-corrected chi connectivity index (χ4v) is 1.38. The maximum atomic E-state index is 10.8. The molecule has 1 aliphatic carbocycles. The molecule has 0 aromatic heterocycles. The normalized spacial score (nSPS) is 32.5. The third kappa shape index (κ3) is 1.28. The molecule has 4 nitrogen and oxygen atoms in total. The number of carbonyl (C=O) groups is 1. The molecule has 2 unspecified atom stereocenters. The highest BCUT2D eigenvalue weighted by Crippen LogP contribution is 2.31. The van der Waals surface area contributed by atoms with Crippen LogP contribution < -0.4 is 0 Å². The standard InChI is InChI=1S/C9H11NO3/c1-7-4-3-5-8(6-11)9(7,2)10(12)13/h3-6,8H,1-2H3. The molecule has 70 valence electrons. The van der Waals surface area contributed by atoms with Crippen LogP contribution in [0.4, 0.5) is 0 Å². The fraction of sp³-hybridized carbons (Fsp3) is 0.444. The van der Waals surface area contributed by atoms with E-state index in [0.29, 0.717) is 11.9 Å². The van der Waals surface area contributed by atoms with Gasteiger partial charge in [-0.05, 0) is 6.92 Å². The van der Waals surface area contributed by atoms with Crippen LogP contribution in [0.2, 0.25) is 0 Å². The van der Waals surface area contributed by atoms with Crippen LogP contribution in [-0.4, -0.2) is 16.7 Å². The first-order chi connectivity index (χ1) is 6.03. The molecule has 0 aliphatic heterocycles.